The average Bonchev–Trinajstić information content (AvgIpc) is 3.31. The van der Waals surface area contributed by atoms with Crippen molar-refractivity contribution in [2.75, 3.05) is 46.2 Å². The van der Waals surface area contributed by atoms with Crippen molar-refractivity contribution >= 4 is 41.5 Å². The SMILES string of the molecule is C1CCOCC1.C1CCOCC1.C1CCOCC1.C[C@H]1[C@H](C(=O)OCCC(=O)O)O[C@@H]2O[C@]3(C)CC[C@H]4[C@H](C)CC[C@@H]1C24OO3.[NaH]. The quantitative estimate of drug-likeness (QED) is 0.243. The van der Waals surface area contributed by atoms with E-state index in [-0.39, 0.29) is 60.3 Å². The Morgan fingerprint density at radius 3 is 1.76 bits per heavy atom. The fraction of sp³-hybridized carbons (Fsp3) is 0.941. The molecule has 8 aliphatic rings. The van der Waals surface area contributed by atoms with Crippen LogP contribution < -0.4 is 0 Å². The Bertz CT molecular complexity index is 833. The first-order valence-corrected chi connectivity index (χ1v) is 17.6. The zero-order valence-electron chi connectivity index (χ0n) is 27.8. The maximum absolute atomic E-state index is 12.6. The van der Waals surface area contributed by atoms with Gasteiger partial charge in [-0.25, -0.2) is 14.6 Å². The van der Waals surface area contributed by atoms with Gasteiger partial charge in [0.05, 0.1) is 6.42 Å². The van der Waals surface area contributed by atoms with Gasteiger partial charge in [-0.3, -0.25) is 4.79 Å². The molecule has 1 N–H and O–H groups in total. The van der Waals surface area contributed by atoms with Crippen LogP contribution in [0, 0.1) is 23.7 Å². The number of ether oxygens (including phenoxy) is 6. The van der Waals surface area contributed by atoms with Crippen LogP contribution in [0.4, 0.5) is 0 Å². The van der Waals surface area contributed by atoms with Crippen molar-refractivity contribution in [3.8, 4) is 0 Å². The van der Waals surface area contributed by atoms with Crippen molar-refractivity contribution in [2.24, 2.45) is 23.7 Å². The number of aliphatic carboxylic acids is 1. The van der Waals surface area contributed by atoms with E-state index in [0.29, 0.717) is 12.3 Å². The molecule has 1 unspecified atom stereocenters. The van der Waals surface area contributed by atoms with Gasteiger partial charge in [0, 0.05) is 52.0 Å². The third kappa shape index (κ3) is 11.1. The molecule has 1 aliphatic carbocycles. The number of carboxylic acid groups (broad SMARTS) is 1. The van der Waals surface area contributed by atoms with Gasteiger partial charge in [-0.2, -0.15) is 0 Å². The van der Waals surface area contributed by atoms with E-state index in [9.17, 15) is 9.59 Å². The number of rotatable bonds is 4. The van der Waals surface area contributed by atoms with E-state index in [4.69, 9.17) is 43.3 Å². The molecule has 1 spiro atoms. The summed E-state index contributed by atoms with van der Waals surface area (Å²) in [5, 5.41) is 8.74. The molecule has 1 saturated carbocycles. The Labute approximate surface area is 297 Å². The summed E-state index contributed by atoms with van der Waals surface area (Å²) in [5.41, 5.74) is -0.717. The molecule has 0 amide bonds. The van der Waals surface area contributed by atoms with Crippen LogP contribution in [-0.2, 0) is 47.8 Å². The van der Waals surface area contributed by atoms with Gasteiger partial charge in [0.25, 0.3) is 0 Å². The summed E-state index contributed by atoms with van der Waals surface area (Å²) in [6, 6.07) is 0. The van der Waals surface area contributed by atoms with Crippen molar-refractivity contribution < 1.29 is 52.9 Å². The van der Waals surface area contributed by atoms with Crippen LogP contribution in [0.1, 0.15) is 111 Å². The Hall–Kier alpha value is -0.340. The summed E-state index contributed by atoms with van der Waals surface area (Å²) in [4.78, 5) is 35.0. The second-order valence-electron chi connectivity index (χ2n) is 13.7. The predicted molar refractivity (Wildman–Crippen MR) is 171 cm³/mol. The van der Waals surface area contributed by atoms with Crippen LogP contribution in [0.2, 0.25) is 0 Å². The van der Waals surface area contributed by atoms with Crippen LogP contribution >= 0.6 is 0 Å². The maximum atomic E-state index is 12.6. The molecule has 0 aromatic carbocycles. The molecule has 0 aromatic rings. The first-order valence-electron chi connectivity index (χ1n) is 17.6. The van der Waals surface area contributed by atoms with Crippen molar-refractivity contribution in [3.05, 3.63) is 0 Å². The summed E-state index contributed by atoms with van der Waals surface area (Å²) in [5.74, 6) is -1.87. The Kier molecular flexibility index (Phi) is 17.7. The van der Waals surface area contributed by atoms with Crippen molar-refractivity contribution in [1.82, 2.24) is 0 Å². The van der Waals surface area contributed by atoms with E-state index in [1.165, 1.54) is 57.8 Å². The fourth-order valence-electron chi connectivity index (χ4n) is 7.56. The summed E-state index contributed by atoms with van der Waals surface area (Å²) >= 11 is 0. The topological polar surface area (TPSA) is 128 Å². The van der Waals surface area contributed by atoms with Gasteiger partial charge in [-0.15, -0.1) is 0 Å². The minimum absolute atomic E-state index is 0. The Balaban J connectivity index is 0.000000243. The summed E-state index contributed by atoms with van der Waals surface area (Å²) in [6.45, 7) is 11.9. The van der Waals surface area contributed by atoms with Gasteiger partial charge in [0.2, 0.25) is 5.79 Å². The Morgan fingerprint density at radius 2 is 1.30 bits per heavy atom. The third-order valence-electron chi connectivity index (χ3n) is 10.2. The Morgan fingerprint density at radius 1 is 0.761 bits per heavy atom. The van der Waals surface area contributed by atoms with E-state index in [0.717, 1.165) is 58.9 Å². The first kappa shape index (κ1) is 40.1. The van der Waals surface area contributed by atoms with Gasteiger partial charge in [0.1, 0.15) is 6.61 Å². The van der Waals surface area contributed by atoms with Crippen molar-refractivity contribution in [2.45, 2.75) is 134 Å². The molecule has 7 aliphatic heterocycles. The zero-order valence-corrected chi connectivity index (χ0v) is 27.8. The predicted octanol–water partition coefficient (Wildman–Crippen LogP) is 5.17. The van der Waals surface area contributed by atoms with E-state index in [1.54, 1.807) is 0 Å². The molecule has 46 heavy (non-hydrogen) atoms. The number of carboxylic acids is 1. The molecule has 11 nitrogen and oxygen atoms in total. The molecular weight excluding hydrogens is 607 g/mol. The summed E-state index contributed by atoms with van der Waals surface area (Å²) in [7, 11) is 0. The second-order valence-corrected chi connectivity index (χ2v) is 13.7. The second kappa shape index (κ2) is 20.4. The van der Waals surface area contributed by atoms with Crippen LogP contribution in [0.25, 0.3) is 0 Å². The van der Waals surface area contributed by atoms with Gasteiger partial charge in [-0.1, -0.05) is 13.8 Å². The molecule has 0 aromatic heterocycles. The van der Waals surface area contributed by atoms with Crippen LogP contribution in [0.15, 0.2) is 0 Å². The van der Waals surface area contributed by atoms with E-state index < -0.39 is 35.7 Å². The van der Waals surface area contributed by atoms with Crippen molar-refractivity contribution in [3.63, 3.8) is 0 Å². The molecule has 12 heteroatoms. The van der Waals surface area contributed by atoms with E-state index in [2.05, 4.69) is 6.92 Å². The zero-order chi connectivity index (χ0) is 32.1. The summed E-state index contributed by atoms with van der Waals surface area (Å²) in [6.07, 6.45) is 13.6. The minimum atomic E-state index is -1.01. The van der Waals surface area contributed by atoms with Gasteiger partial charge < -0.3 is 33.5 Å². The number of carbonyl (C=O) groups is 2. The van der Waals surface area contributed by atoms with Crippen LogP contribution in [-0.4, -0.2) is 117 Å². The number of carbonyl (C=O) groups excluding carboxylic acids is 1. The van der Waals surface area contributed by atoms with Crippen LogP contribution in [0.5, 0.6) is 0 Å². The average molecular weight is 667 g/mol. The van der Waals surface area contributed by atoms with Crippen LogP contribution in [0.3, 0.4) is 0 Å². The van der Waals surface area contributed by atoms with E-state index in [1.807, 2.05) is 13.8 Å². The van der Waals surface area contributed by atoms with Gasteiger partial charge in [0.15, 0.2) is 18.0 Å². The molecule has 7 heterocycles. The van der Waals surface area contributed by atoms with Crippen molar-refractivity contribution in [1.29, 1.82) is 0 Å². The van der Waals surface area contributed by atoms with E-state index >= 15 is 0 Å². The van der Waals surface area contributed by atoms with Gasteiger partial charge >= 0.3 is 41.5 Å². The molecule has 7 saturated heterocycles. The number of hydrogen-bond donors (Lipinski definition) is 1. The fourth-order valence-corrected chi connectivity index (χ4v) is 7.56. The molecule has 8 rings (SSSR count). The van der Waals surface area contributed by atoms with Gasteiger partial charge in [-0.05, 0) is 102 Å². The number of hydrogen-bond acceptors (Lipinski definition) is 10. The third-order valence-corrected chi connectivity index (χ3v) is 10.2. The standard InChI is InChI=1S/C19H28O8.3C5H10O.Na.H/c1-10-4-5-13-11(2)15(16(22)23-9-7-14(20)21)24-17-19(13)12(10)6-8-18(3,25-17)26-27-19;3*1-2-4-6-5-3-1;;/h10-13,15,17H,4-9H2,1-3H3,(H,20,21);3*1-5H2;;/t10-,11-,12+,13+,15-,17-,18+,19?;;;;;/m1...../s1. The first-order chi connectivity index (χ1) is 21.8. The molecular formula is C34H59NaO11. The monoisotopic (exact) mass is 666 g/mol. The molecule has 8 fully saturated rings. The normalized spacial score (nSPS) is 37.8. The molecule has 8 atom stereocenters. The molecule has 0 radical (unpaired) electrons. The molecule has 262 valence electrons. The number of esters is 1. The molecule has 2 bridgehead atoms. The summed E-state index contributed by atoms with van der Waals surface area (Å²) < 4.78 is 32.7. The number of fused-ring (bicyclic) bond motifs is 2.